The molecule has 0 bridgehead atoms. The summed E-state index contributed by atoms with van der Waals surface area (Å²) < 4.78 is 5.23. The summed E-state index contributed by atoms with van der Waals surface area (Å²) in [6.45, 7) is 0.611. The molecule has 2 N–H and O–H groups in total. The molecule has 7 heteroatoms. The van der Waals surface area contributed by atoms with Crippen LogP contribution >= 0.6 is 11.3 Å². The average molecular weight is 256 g/mol. The summed E-state index contributed by atoms with van der Waals surface area (Å²) >= 11 is 1.22. The van der Waals surface area contributed by atoms with Gasteiger partial charge in [0, 0.05) is 12.0 Å². The molecular formula is C10H12N2O4S. The third-order valence-electron chi connectivity index (χ3n) is 2.34. The lowest BCUT2D eigenvalue weighted by molar-refractivity contribution is -0.136. The Kier molecular flexibility index (Phi) is 3.70. The van der Waals surface area contributed by atoms with Gasteiger partial charge in [0.15, 0.2) is 5.13 Å². The highest BCUT2D eigenvalue weighted by Crippen LogP contribution is 2.18. The number of ether oxygens (including phenoxy) is 1. The Morgan fingerprint density at radius 1 is 1.65 bits per heavy atom. The number of nitrogens with zero attached hydrogens (tertiary/aromatic N) is 1. The van der Waals surface area contributed by atoms with Gasteiger partial charge in [0.1, 0.15) is 6.10 Å². The zero-order chi connectivity index (χ0) is 12.3. The van der Waals surface area contributed by atoms with Crippen molar-refractivity contribution in [3.05, 3.63) is 11.1 Å². The molecule has 17 heavy (non-hydrogen) atoms. The summed E-state index contributed by atoms with van der Waals surface area (Å²) in [5, 5.41) is 13.3. The fourth-order valence-electron chi connectivity index (χ4n) is 1.57. The van der Waals surface area contributed by atoms with Crippen molar-refractivity contribution in [2.24, 2.45) is 0 Å². The maximum Gasteiger partial charge on any atom is 0.309 e. The summed E-state index contributed by atoms with van der Waals surface area (Å²) in [5.41, 5.74) is 0.449. The van der Waals surface area contributed by atoms with Crippen molar-refractivity contribution in [2.45, 2.75) is 25.4 Å². The van der Waals surface area contributed by atoms with Crippen LogP contribution in [0.1, 0.15) is 18.5 Å². The maximum atomic E-state index is 11.7. The van der Waals surface area contributed by atoms with E-state index in [4.69, 9.17) is 9.84 Å². The number of amides is 1. The maximum absolute atomic E-state index is 11.7. The second kappa shape index (κ2) is 5.24. The molecule has 2 heterocycles. The van der Waals surface area contributed by atoms with Gasteiger partial charge in [0.05, 0.1) is 12.1 Å². The van der Waals surface area contributed by atoms with Crippen LogP contribution in [-0.2, 0) is 20.7 Å². The number of carboxylic acid groups (broad SMARTS) is 1. The van der Waals surface area contributed by atoms with E-state index >= 15 is 0 Å². The van der Waals surface area contributed by atoms with Crippen molar-refractivity contribution in [2.75, 3.05) is 11.9 Å². The summed E-state index contributed by atoms with van der Waals surface area (Å²) in [6, 6.07) is 0. The summed E-state index contributed by atoms with van der Waals surface area (Å²) in [5.74, 6) is -1.15. The summed E-state index contributed by atoms with van der Waals surface area (Å²) in [6.07, 6.45) is 1.08. The number of carboxylic acids is 1. The predicted molar refractivity (Wildman–Crippen MR) is 61.1 cm³/mol. The van der Waals surface area contributed by atoms with Gasteiger partial charge in [-0.1, -0.05) is 0 Å². The molecule has 0 spiro atoms. The first-order valence-electron chi connectivity index (χ1n) is 5.24. The van der Waals surface area contributed by atoms with Crippen LogP contribution in [0.3, 0.4) is 0 Å². The first kappa shape index (κ1) is 12.0. The normalized spacial score (nSPS) is 19.2. The highest BCUT2D eigenvalue weighted by atomic mass is 32.1. The van der Waals surface area contributed by atoms with Crippen molar-refractivity contribution >= 4 is 28.3 Å². The quantitative estimate of drug-likeness (QED) is 0.835. The monoisotopic (exact) mass is 256 g/mol. The van der Waals surface area contributed by atoms with E-state index in [0.29, 0.717) is 17.4 Å². The molecule has 1 unspecified atom stereocenters. The van der Waals surface area contributed by atoms with Crippen molar-refractivity contribution < 1.29 is 19.4 Å². The first-order chi connectivity index (χ1) is 8.15. The molecule has 2 rings (SSSR count). The van der Waals surface area contributed by atoms with Crippen LogP contribution in [0.5, 0.6) is 0 Å². The highest BCUT2D eigenvalue weighted by molar-refractivity contribution is 7.13. The Morgan fingerprint density at radius 2 is 2.47 bits per heavy atom. The number of carbonyl (C=O) groups is 2. The second-order valence-electron chi connectivity index (χ2n) is 3.71. The Hall–Kier alpha value is -1.47. The average Bonchev–Trinajstić information content (AvgIpc) is 2.87. The van der Waals surface area contributed by atoms with E-state index in [1.54, 1.807) is 5.38 Å². The Morgan fingerprint density at radius 3 is 3.12 bits per heavy atom. The summed E-state index contributed by atoms with van der Waals surface area (Å²) in [7, 11) is 0. The van der Waals surface area contributed by atoms with Crippen LogP contribution in [0, 0.1) is 0 Å². The molecule has 1 aromatic heterocycles. The smallest absolute Gasteiger partial charge is 0.309 e. The molecule has 1 aromatic rings. The van der Waals surface area contributed by atoms with Crippen LogP contribution in [0.2, 0.25) is 0 Å². The molecule has 1 saturated heterocycles. The van der Waals surface area contributed by atoms with Crippen LogP contribution < -0.4 is 5.32 Å². The minimum atomic E-state index is -0.938. The van der Waals surface area contributed by atoms with Gasteiger partial charge >= 0.3 is 5.97 Å². The molecule has 1 amide bonds. The van der Waals surface area contributed by atoms with Crippen molar-refractivity contribution in [3.63, 3.8) is 0 Å². The van der Waals surface area contributed by atoms with Gasteiger partial charge in [0.2, 0.25) is 0 Å². The van der Waals surface area contributed by atoms with Gasteiger partial charge in [-0.25, -0.2) is 4.98 Å². The Bertz CT molecular complexity index is 426. The number of aromatic nitrogens is 1. The van der Waals surface area contributed by atoms with Crippen LogP contribution in [-0.4, -0.2) is 34.7 Å². The van der Waals surface area contributed by atoms with Crippen LogP contribution in [0.15, 0.2) is 5.38 Å². The lowest BCUT2D eigenvalue weighted by Gasteiger charge is -2.07. The first-order valence-corrected chi connectivity index (χ1v) is 6.12. The van der Waals surface area contributed by atoms with E-state index in [-0.39, 0.29) is 12.3 Å². The number of aliphatic carboxylic acids is 1. The van der Waals surface area contributed by atoms with Crippen LogP contribution in [0.25, 0.3) is 0 Å². The minimum Gasteiger partial charge on any atom is -0.481 e. The minimum absolute atomic E-state index is 0.133. The van der Waals surface area contributed by atoms with E-state index in [9.17, 15) is 9.59 Å². The Labute approximate surface area is 102 Å². The van der Waals surface area contributed by atoms with Crippen molar-refractivity contribution in [3.8, 4) is 0 Å². The van der Waals surface area contributed by atoms with Gasteiger partial charge in [-0.2, -0.15) is 0 Å². The van der Waals surface area contributed by atoms with E-state index < -0.39 is 12.1 Å². The van der Waals surface area contributed by atoms with Gasteiger partial charge in [-0.05, 0) is 12.8 Å². The molecule has 0 radical (unpaired) electrons. The highest BCUT2D eigenvalue weighted by Gasteiger charge is 2.24. The molecule has 1 atom stereocenters. The lowest BCUT2D eigenvalue weighted by atomic mass is 10.2. The summed E-state index contributed by atoms with van der Waals surface area (Å²) in [4.78, 5) is 26.1. The molecule has 92 valence electrons. The number of hydrogen-bond donors (Lipinski definition) is 2. The fraction of sp³-hybridized carbons (Fsp3) is 0.500. The van der Waals surface area contributed by atoms with Crippen molar-refractivity contribution in [1.29, 1.82) is 0 Å². The third kappa shape index (κ3) is 3.24. The molecule has 6 nitrogen and oxygen atoms in total. The Balaban J connectivity index is 1.91. The van der Waals surface area contributed by atoms with Gasteiger partial charge in [-0.15, -0.1) is 11.3 Å². The molecule has 1 aliphatic rings. The van der Waals surface area contributed by atoms with E-state index in [0.717, 1.165) is 12.8 Å². The van der Waals surface area contributed by atoms with Gasteiger partial charge in [0.25, 0.3) is 5.91 Å². The number of carbonyl (C=O) groups excluding carboxylic acids is 1. The molecule has 0 aliphatic carbocycles. The van der Waals surface area contributed by atoms with Gasteiger partial charge < -0.3 is 9.84 Å². The zero-order valence-electron chi connectivity index (χ0n) is 9.01. The topological polar surface area (TPSA) is 88.5 Å². The molecular weight excluding hydrogens is 244 g/mol. The second-order valence-corrected chi connectivity index (χ2v) is 4.56. The zero-order valence-corrected chi connectivity index (χ0v) is 9.83. The lowest BCUT2D eigenvalue weighted by Crippen LogP contribution is -2.26. The van der Waals surface area contributed by atoms with E-state index in [1.165, 1.54) is 11.3 Å². The number of thiazole rings is 1. The predicted octanol–water partition coefficient (Wildman–Crippen LogP) is 0.888. The number of nitrogens with one attached hydrogen (secondary N) is 1. The van der Waals surface area contributed by atoms with Crippen molar-refractivity contribution in [1.82, 2.24) is 4.98 Å². The third-order valence-corrected chi connectivity index (χ3v) is 3.14. The molecule has 1 fully saturated rings. The number of hydrogen-bond acceptors (Lipinski definition) is 5. The number of anilines is 1. The molecule has 0 saturated carbocycles. The van der Waals surface area contributed by atoms with E-state index in [2.05, 4.69) is 10.3 Å². The van der Waals surface area contributed by atoms with Crippen LogP contribution in [0.4, 0.5) is 5.13 Å². The molecule has 0 aromatic carbocycles. The SMILES string of the molecule is O=C(O)Cc1csc(NC(=O)C2CCCO2)n1. The molecule has 1 aliphatic heterocycles. The largest absolute Gasteiger partial charge is 0.481 e. The van der Waals surface area contributed by atoms with Gasteiger partial charge in [-0.3, -0.25) is 14.9 Å². The number of rotatable bonds is 4. The van der Waals surface area contributed by atoms with E-state index in [1.807, 2.05) is 0 Å². The fourth-order valence-corrected chi connectivity index (χ4v) is 2.28. The standard InChI is InChI=1S/C10H12N2O4S/c13-8(14)4-6-5-17-10(11-6)12-9(15)7-2-1-3-16-7/h5,7H,1-4H2,(H,13,14)(H,11,12,15).